The van der Waals surface area contributed by atoms with E-state index in [-0.39, 0.29) is 47.2 Å². The van der Waals surface area contributed by atoms with Crippen LogP contribution in [0, 0.1) is 0 Å². The predicted molar refractivity (Wildman–Crippen MR) is 146 cm³/mol. The lowest BCUT2D eigenvalue weighted by Crippen LogP contribution is -2.57. The molecule has 0 bridgehead atoms. The number of amides is 2. The molecular weight excluding hydrogens is 530 g/mol. The van der Waals surface area contributed by atoms with Crippen LogP contribution in [0.2, 0.25) is 0 Å². The van der Waals surface area contributed by atoms with Crippen molar-refractivity contribution in [3.63, 3.8) is 0 Å². The van der Waals surface area contributed by atoms with Crippen molar-refractivity contribution >= 4 is 63.6 Å². The number of thioether (sulfide) groups is 1. The molecule has 200 valence electrons. The van der Waals surface area contributed by atoms with E-state index < -0.39 is 17.6 Å². The maximum atomic E-state index is 13.7. The highest BCUT2D eigenvalue weighted by Crippen LogP contribution is 2.35. The van der Waals surface area contributed by atoms with Gasteiger partial charge in [0.2, 0.25) is 5.91 Å². The number of pyridine rings is 1. The number of ether oxygens (including phenoxy) is 2. The topological polar surface area (TPSA) is 123 Å². The molecule has 0 unspecified atom stereocenters. The molecule has 3 aliphatic heterocycles. The third-order valence-corrected chi connectivity index (χ3v) is 7.95. The van der Waals surface area contributed by atoms with Crippen molar-refractivity contribution in [2.75, 3.05) is 37.7 Å². The number of aromatic nitrogens is 2. The summed E-state index contributed by atoms with van der Waals surface area (Å²) in [5.74, 6) is -0.991. The summed E-state index contributed by atoms with van der Waals surface area (Å²) in [6, 6.07) is 4.21. The number of thiocarbonyl (C=S) groups is 1. The molecule has 3 saturated heterocycles. The molecule has 0 saturated carbocycles. The van der Waals surface area contributed by atoms with Crippen LogP contribution in [0.15, 0.2) is 34.1 Å². The monoisotopic (exact) mass is 557 g/mol. The van der Waals surface area contributed by atoms with Gasteiger partial charge >= 0.3 is 5.97 Å². The summed E-state index contributed by atoms with van der Waals surface area (Å²) >= 11 is 6.59. The van der Waals surface area contributed by atoms with Gasteiger partial charge in [-0.3, -0.25) is 28.5 Å². The Morgan fingerprint density at radius 3 is 2.95 bits per heavy atom. The highest BCUT2D eigenvalue weighted by Gasteiger charge is 2.37. The number of hydrogen-bond acceptors (Lipinski definition) is 10. The average molecular weight is 558 g/mol. The van der Waals surface area contributed by atoms with Crippen molar-refractivity contribution in [1.29, 1.82) is 0 Å². The van der Waals surface area contributed by atoms with E-state index in [2.05, 4.69) is 5.32 Å². The smallest absolute Gasteiger partial charge is 0.308 e. The SMILES string of the molecule is CCOC(=O)C[C@@H]1C(=O)NCCN1c1nc2ccccn2c(=O)c1/C=C1/SC(=S)N(C[C@@H]2CCCO2)C1=O. The Hall–Kier alpha value is -3.29. The van der Waals surface area contributed by atoms with Crippen LogP contribution in [-0.2, 0) is 23.9 Å². The second-order valence-electron chi connectivity index (χ2n) is 9.02. The molecule has 0 aliphatic carbocycles. The first-order chi connectivity index (χ1) is 18.4. The molecule has 3 fully saturated rings. The van der Waals surface area contributed by atoms with E-state index >= 15 is 0 Å². The maximum absolute atomic E-state index is 13.7. The summed E-state index contributed by atoms with van der Waals surface area (Å²) in [7, 11) is 0. The van der Waals surface area contributed by atoms with Crippen LogP contribution in [0.5, 0.6) is 0 Å². The molecule has 0 radical (unpaired) electrons. The third-order valence-electron chi connectivity index (χ3n) is 6.58. The average Bonchev–Trinajstić information content (AvgIpc) is 3.51. The minimum atomic E-state index is -0.929. The Morgan fingerprint density at radius 2 is 2.18 bits per heavy atom. The first kappa shape index (κ1) is 26.3. The van der Waals surface area contributed by atoms with Crippen molar-refractivity contribution in [3.05, 3.63) is 45.2 Å². The lowest BCUT2D eigenvalue weighted by atomic mass is 10.1. The summed E-state index contributed by atoms with van der Waals surface area (Å²) < 4.78 is 12.5. The van der Waals surface area contributed by atoms with Crippen LogP contribution < -0.4 is 15.8 Å². The first-order valence-corrected chi connectivity index (χ1v) is 13.7. The van der Waals surface area contributed by atoms with Gasteiger partial charge in [0.15, 0.2) is 0 Å². The number of hydrogen-bond donors (Lipinski definition) is 1. The zero-order valence-electron chi connectivity index (χ0n) is 20.8. The molecule has 5 rings (SSSR count). The fourth-order valence-corrected chi connectivity index (χ4v) is 6.02. The lowest BCUT2D eigenvalue weighted by Gasteiger charge is -2.36. The molecule has 3 aliphatic rings. The third kappa shape index (κ3) is 5.18. The molecular formula is C25H27N5O6S2. The molecule has 2 aromatic heterocycles. The highest BCUT2D eigenvalue weighted by molar-refractivity contribution is 8.26. The van der Waals surface area contributed by atoms with Gasteiger partial charge in [-0.05, 0) is 38.0 Å². The Labute approximate surface area is 228 Å². The van der Waals surface area contributed by atoms with Gasteiger partial charge in [0.1, 0.15) is 21.8 Å². The maximum Gasteiger partial charge on any atom is 0.308 e. The van der Waals surface area contributed by atoms with Gasteiger partial charge in [-0.15, -0.1) is 0 Å². The molecule has 0 spiro atoms. The van der Waals surface area contributed by atoms with Crippen LogP contribution in [0.25, 0.3) is 11.7 Å². The zero-order chi connectivity index (χ0) is 26.8. The molecule has 11 nitrogen and oxygen atoms in total. The van der Waals surface area contributed by atoms with Crippen molar-refractivity contribution in [3.8, 4) is 0 Å². The van der Waals surface area contributed by atoms with E-state index in [1.165, 1.54) is 15.4 Å². The van der Waals surface area contributed by atoms with E-state index in [0.29, 0.717) is 36.2 Å². The number of carbonyl (C=O) groups excluding carboxylic acids is 3. The molecule has 38 heavy (non-hydrogen) atoms. The van der Waals surface area contributed by atoms with Gasteiger partial charge in [0.05, 0.1) is 36.1 Å². The van der Waals surface area contributed by atoms with E-state index in [1.807, 2.05) is 0 Å². The highest BCUT2D eigenvalue weighted by atomic mass is 32.2. The fraction of sp³-hybridized carbons (Fsp3) is 0.440. The number of piperazine rings is 1. The number of anilines is 1. The molecule has 2 amide bonds. The Bertz CT molecular complexity index is 1390. The van der Waals surface area contributed by atoms with Crippen molar-refractivity contribution in [2.24, 2.45) is 0 Å². The lowest BCUT2D eigenvalue weighted by molar-refractivity contribution is -0.145. The van der Waals surface area contributed by atoms with Gasteiger partial charge < -0.3 is 19.7 Å². The second-order valence-corrected chi connectivity index (χ2v) is 10.7. The van der Waals surface area contributed by atoms with Gasteiger partial charge in [0.25, 0.3) is 11.5 Å². The fourth-order valence-electron chi connectivity index (χ4n) is 4.77. The Kier molecular flexibility index (Phi) is 7.77. The van der Waals surface area contributed by atoms with Crippen LogP contribution in [0.4, 0.5) is 5.82 Å². The summed E-state index contributed by atoms with van der Waals surface area (Å²) in [6.45, 7) is 3.51. The van der Waals surface area contributed by atoms with E-state index in [0.717, 1.165) is 24.6 Å². The minimum absolute atomic E-state index is 0.0733. The quantitative estimate of drug-likeness (QED) is 0.303. The van der Waals surface area contributed by atoms with Gasteiger partial charge in [-0.2, -0.15) is 0 Å². The molecule has 2 atom stereocenters. The van der Waals surface area contributed by atoms with Crippen molar-refractivity contribution in [2.45, 2.75) is 38.3 Å². The van der Waals surface area contributed by atoms with Crippen LogP contribution in [0.1, 0.15) is 31.7 Å². The molecule has 5 heterocycles. The van der Waals surface area contributed by atoms with Crippen LogP contribution in [-0.4, -0.2) is 81.4 Å². The first-order valence-electron chi connectivity index (χ1n) is 12.5. The molecule has 13 heteroatoms. The van der Waals surface area contributed by atoms with Crippen molar-refractivity contribution in [1.82, 2.24) is 19.6 Å². The van der Waals surface area contributed by atoms with Gasteiger partial charge in [0, 0.05) is 25.9 Å². The van der Waals surface area contributed by atoms with Gasteiger partial charge in [-0.1, -0.05) is 30.0 Å². The molecule has 1 N–H and O–H groups in total. The summed E-state index contributed by atoms with van der Waals surface area (Å²) in [5, 5.41) is 2.77. The number of fused-ring (bicyclic) bond motifs is 1. The Morgan fingerprint density at radius 1 is 1.34 bits per heavy atom. The number of rotatable bonds is 7. The number of carbonyl (C=O) groups is 3. The van der Waals surface area contributed by atoms with E-state index in [1.54, 1.807) is 36.2 Å². The normalized spacial score (nSPS) is 23.0. The summed E-state index contributed by atoms with van der Waals surface area (Å²) in [6.07, 6.45) is 4.60. The van der Waals surface area contributed by atoms with E-state index in [4.69, 9.17) is 26.7 Å². The van der Waals surface area contributed by atoms with Crippen molar-refractivity contribution < 1.29 is 23.9 Å². The largest absolute Gasteiger partial charge is 0.466 e. The second kappa shape index (κ2) is 11.2. The standard InChI is InChI=1S/C25H27N5O6S2/c1-2-35-20(31)13-17-22(32)26-8-10-28(17)21-16(23(33)29-9-4-3-7-19(29)27-21)12-18-24(34)30(25(37)38-18)14-15-6-5-11-36-15/h3-4,7,9,12,15,17H,2,5-6,8,10-11,13-14H2,1H3,(H,26,32)/b18-12+/t15-,17+/m0/s1. The number of nitrogens with one attached hydrogen (secondary N) is 1. The predicted octanol–water partition coefficient (Wildman–Crippen LogP) is 1.33. The van der Waals surface area contributed by atoms with Gasteiger partial charge in [-0.25, -0.2) is 4.98 Å². The van der Waals surface area contributed by atoms with Crippen LogP contribution in [0.3, 0.4) is 0 Å². The minimum Gasteiger partial charge on any atom is -0.466 e. The zero-order valence-corrected chi connectivity index (χ0v) is 22.4. The molecule has 0 aromatic carbocycles. The van der Waals surface area contributed by atoms with E-state index in [9.17, 15) is 19.2 Å². The summed E-state index contributed by atoms with van der Waals surface area (Å²) in [5.41, 5.74) is 0.0992. The Balaban J connectivity index is 1.57. The number of esters is 1. The summed E-state index contributed by atoms with van der Waals surface area (Å²) in [4.78, 5) is 60.4. The van der Waals surface area contributed by atoms with Crippen LogP contribution >= 0.6 is 24.0 Å². The molecule has 2 aromatic rings. The number of nitrogens with zero attached hydrogens (tertiary/aromatic N) is 4.